The third kappa shape index (κ3) is 4.41. The SMILES string of the molecule is CCNCC(Cc1cc(F)ccc1C)C(C)(C)C. The Labute approximate surface area is 111 Å². The predicted molar refractivity (Wildman–Crippen MR) is 76.3 cm³/mol. The third-order valence-corrected chi connectivity index (χ3v) is 3.64. The van der Waals surface area contributed by atoms with Gasteiger partial charge in [0.2, 0.25) is 0 Å². The smallest absolute Gasteiger partial charge is 0.123 e. The maximum atomic E-state index is 13.3. The van der Waals surface area contributed by atoms with Crippen LogP contribution in [0, 0.1) is 24.1 Å². The van der Waals surface area contributed by atoms with E-state index in [0.717, 1.165) is 25.1 Å². The van der Waals surface area contributed by atoms with Gasteiger partial charge in [0.15, 0.2) is 0 Å². The maximum absolute atomic E-state index is 13.3. The summed E-state index contributed by atoms with van der Waals surface area (Å²) in [4.78, 5) is 0. The molecule has 1 rings (SSSR count). The van der Waals surface area contributed by atoms with Crippen LogP contribution in [0.3, 0.4) is 0 Å². The van der Waals surface area contributed by atoms with E-state index in [1.807, 2.05) is 6.07 Å². The number of nitrogens with one attached hydrogen (secondary N) is 1. The minimum atomic E-state index is -0.133. The van der Waals surface area contributed by atoms with Gasteiger partial charge in [0.05, 0.1) is 0 Å². The van der Waals surface area contributed by atoms with Crippen molar-refractivity contribution < 1.29 is 4.39 Å². The van der Waals surface area contributed by atoms with Gasteiger partial charge >= 0.3 is 0 Å². The van der Waals surface area contributed by atoms with Crippen molar-refractivity contribution in [3.05, 3.63) is 35.1 Å². The van der Waals surface area contributed by atoms with Crippen LogP contribution in [0.1, 0.15) is 38.8 Å². The molecule has 0 heterocycles. The van der Waals surface area contributed by atoms with Gasteiger partial charge in [-0.25, -0.2) is 4.39 Å². The van der Waals surface area contributed by atoms with Crippen LogP contribution in [0.2, 0.25) is 0 Å². The first kappa shape index (κ1) is 15.2. The molecule has 0 aliphatic carbocycles. The van der Waals surface area contributed by atoms with Crippen molar-refractivity contribution in [2.24, 2.45) is 11.3 Å². The largest absolute Gasteiger partial charge is 0.317 e. The zero-order valence-electron chi connectivity index (χ0n) is 12.3. The highest BCUT2D eigenvalue weighted by Gasteiger charge is 2.24. The molecule has 2 heteroatoms. The van der Waals surface area contributed by atoms with Crippen molar-refractivity contribution >= 4 is 0 Å². The van der Waals surface area contributed by atoms with Gasteiger partial charge in [-0.1, -0.05) is 33.8 Å². The van der Waals surface area contributed by atoms with E-state index >= 15 is 0 Å². The first-order valence-corrected chi connectivity index (χ1v) is 6.80. The van der Waals surface area contributed by atoms with E-state index in [-0.39, 0.29) is 11.2 Å². The second-order valence-electron chi connectivity index (χ2n) is 6.15. The summed E-state index contributed by atoms with van der Waals surface area (Å²) < 4.78 is 13.3. The van der Waals surface area contributed by atoms with Crippen LogP contribution in [0.25, 0.3) is 0 Å². The highest BCUT2D eigenvalue weighted by atomic mass is 19.1. The first-order valence-electron chi connectivity index (χ1n) is 6.80. The van der Waals surface area contributed by atoms with Gasteiger partial charge < -0.3 is 5.32 Å². The van der Waals surface area contributed by atoms with E-state index in [1.54, 1.807) is 6.07 Å². The lowest BCUT2D eigenvalue weighted by Crippen LogP contribution is -2.33. The van der Waals surface area contributed by atoms with Crippen LogP contribution < -0.4 is 5.32 Å². The summed E-state index contributed by atoms with van der Waals surface area (Å²) in [5, 5.41) is 3.42. The summed E-state index contributed by atoms with van der Waals surface area (Å²) in [5.74, 6) is 0.379. The van der Waals surface area contributed by atoms with Gasteiger partial charge in [-0.05, 0) is 61.0 Å². The lowest BCUT2D eigenvalue weighted by atomic mass is 9.76. The van der Waals surface area contributed by atoms with E-state index < -0.39 is 0 Å². The second-order valence-corrected chi connectivity index (χ2v) is 6.15. The predicted octanol–water partition coefficient (Wildman–Crippen LogP) is 3.95. The Bertz CT molecular complexity index is 379. The highest BCUT2D eigenvalue weighted by molar-refractivity contribution is 5.27. The average Bonchev–Trinajstić information content (AvgIpc) is 2.27. The molecule has 0 amide bonds. The van der Waals surface area contributed by atoms with Crippen molar-refractivity contribution in [1.82, 2.24) is 5.32 Å². The molecule has 1 nitrogen and oxygen atoms in total. The fourth-order valence-electron chi connectivity index (χ4n) is 2.13. The highest BCUT2D eigenvalue weighted by Crippen LogP contribution is 2.29. The molecule has 1 unspecified atom stereocenters. The summed E-state index contributed by atoms with van der Waals surface area (Å²) in [6.45, 7) is 12.9. The molecule has 0 fully saturated rings. The molecule has 1 N–H and O–H groups in total. The molecule has 102 valence electrons. The van der Waals surface area contributed by atoms with E-state index in [9.17, 15) is 4.39 Å². The van der Waals surface area contributed by atoms with Crippen LogP contribution >= 0.6 is 0 Å². The molecule has 1 aromatic carbocycles. The molecular weight excluding hydrogens is 225 g/mol. The quantitative estimate of drug-likeness (QED) is 0.835. The van der Waals surface area contributed by atoms with Gasteiger partial charge in [0.25, 0.3) is 0 Å². The normalized spacial score (nSPS) is 13.7. The number of rotatable bonds is 5. The van der Waals surface area contributed by atoms with Crippen molar-refractivity contribution in [2.75, 3.05) is 13.1 Å². The molecule has 1 atom stereocenters. The average molecular weight is 251 g/mol. The first-order chi connectivity index (χ1) is 8.34. The molecule has 0 saturated heterocycles. The van der Waals surface area contributed by atoms with Crippen LogP contribution in [-0.2, 0) is 6.42 Å². The molecule has 0 bridgehead atoms. The Morgan fingerprint density at radius 3 is 2.50 bits per heavy atom. The van der Waals surface area contributed by atoms with Gasteiger partial charge in [0.1, 0.15) is 5.82 Å². The fourth-order valence-corrected chi connectivity index (χ4v) is 2.13. The van der Waals surface area contributed by atoms with E-state index in [1.165, 1.54) is 11.6 Å². The Hall–Kier alpha value is -0.890. The number of aryl methyl sites for hydroxylation is 1. The fraction of sp³-hybridized carbons (Fsp3) is 0.625. The summed E-state index contributed by atoms with van der Waals surface area (Å²) >= 11 is 0. The maximum Gasteiger partial charge on any atom is 0.123 e. The lowest BCUT2D eigenvalue weighted by molar-refractivity contribution is 0.231. The van der Waals surface area contributed by atoms with E-state index in [0.29, 0.717) is 5.92 Å². The van der Waals surface area contributed by atoms with E-state index in [2.05, 4.69) is 39.9 Å². The molecular formula is C16H26FN. The van der Waals surface area contributed by atoms with Crippen LogP contribution in [0.15, 0.2) is 18.2 Å². The molecule has 0 aromatic heterocycles. The standard InChI is InChI=1S/C16H26FN/c1-6-18-11-14(16(3,4)5)9-13-10-15(17)8-7-12(13)2/h7-8,10,14,18H,6,9,11H2,1-5H3. The molecule has 1 aromatic rings. The van der Waals surface area contributed by atoms with Crippen molar-refractivity contribution in [2.45, 2.75) is 41.0 Å². The Balaban J connectivity index is 2.85. The van der Waals surface area contributed by atoms with E-state index in [4.69, 9.17) is 0 Å². The number of benzene rings is 1. The Morgan fingerprint density at radius 1 is 1.28 bits per heavy atom. The summed E-state index contributed by atoms with van der Waals surface area (Å²) in [6.07, 6.45) is 0.931. The second kappa shape index (κ2) is 6.33. The third-order valence-electron chi connectivity index (χ3n) is 3.64. The molecule has 0 aliphatic rings. The van der Waals surface area contributed by atoms with Crippen LogP contribution in [0.4, 0.5) is 4.39 Å². The zero-order chi connectivity index (χ0) is 13.8. The molecule has 0 aliphatic heterocycles. The monoisotopic (exact) mass is 251 g/mol. The molecule has 0 spiro atoms. The molecule has 0 radical (unpaired) electrons. The molecule has 0 saturated carbocycles. The van der Waals surface area contributed by atoms with Gasteiger partial charge in [0, 0.05) is 0 Å². The Morgan fingerprint density at radius 2 is 1.94 bits per heavy atom. The zero-order valence-corrected chi connectivity index (χ0v) is 12.3. The van der Waals surface area contributed by atoms with Gasteiger partial charge in [-0.3, -0.25) is 0 Å². The van der Waals surface area contributed by atoms with Crippen molar-refractivity contribution in [3.8, 4) is 0 Å². The number of hydrogen-bond acceptors (Lipinski definition) is 1. The number of hydrogen-bond donors (Lipinski definition) is 1. The van der Waals surface area contributed by atoms with Gasteiger partial charge in [-0.15, -0.1) is 0 Å². The van der Waals surface area contributed by atoms with Gasteiger partial charge in [-0.2, -0.15) is 0 Å². The van der Waals surface area contributed by atoms with Crippen molar-refractivity contribution in [3.63, 3.8) is 0 Å². The minimum absolute atomic E-state index is 0.133. The molecule has 18 heavy (non-hydrogen) atoms. The number of halogens is 1. The Kier molecular flexibility index (Phi) is 5.33. The van der Waals surface area contributed by atoms with Crippen LogP contribution in [-0.4, -0.2) is 13.1 Å². The summed E-state index contributed by atoms with van der Waals surface area (Å²) in [5.41, 5.74) is 2.54. The van der Waals surface area contributed by atoms with Crippen LogP contribution in [0.5, 0.6) is 0 Å². The lowest BCUT2D eigenvalue weighted by Gasteiger charge is -2.31. The summed E-state index contributed by atoms with van der Waals surface area (Å²) in [7, 11) is 0. The summed E-state index contributed by atoms with van der Waals surface area (Å²) in [6, 6.07) is 5.09. The minimum Gasteiger partial charge on any atom is -0.317 e. The van der Waals surface area contributed by atoms with Crippen molar-refractivity contribution in [1.29, 1.82) is 0 Å². The topological polar surface area (TPSA) is 12.0 Å².